The molecule has 0 bridgehead atoms. The highest BCUT2D eigenvalue weighted by molar-refractivity contribution is 5.98. The molecule has 0 spiro atoms. The van der Waals surface area contributed by atoms with Crippen molar-refractivity contribution in [1.29, 1.82) is 0 Å². The summed E-state index contributed by atoms with van der Waals surface area (Å²) >= 11 is 0. The van der Waals surface area contributed by atoms with Gasteiger partial charge < -0.3 is 9.15 Å². The van der Waals surface area contributed by atoms with Gasteiger partial charge in [-0.25, -0.2) is 4.79 Å². The quantitative estimate of drug-likeness (QED) is 0.851. The number of hydrogen-bond acceptors (Lipinski definition) is 4. The number of ether oxygens (including phenoxy) is 1. The molecule has 0 aliphatic rings. The van der Waals surface area contributed by atoms with Crippen molar-refractivity contribution >= 4 is 17.6 Å². The van der Waals surface area contributed by atoms with Crippen LogP contribution in [-0.4, -0.2) is 17.5 Å². The van der Waals surface area contributed by atoms with E-state index in [1.165, 1.54) is 12.5 Å². The van der Waals surface area contributed by atoms with Crippen LogP contribution in [0, 0.1) is 6.92 Å². The topological polar surface area (TPSA) is 68.5 Å². The molecule has 23 heavy (non-hydrogen) atoms. The maximum atomic E-state index is 12.2. The van der Waals surface area contributed by atoms with Gasteiger partial charge in [-0.15, -0.1) is 0 Å². The summed E-state index contributed by atoms with van der Waals surface area (Å²) < 4.78 is 10.2. The minimum Gasteiger partial charge on any atom is -0.472 e. The summed E-state index contributed by atoms with van der Waals surface area (Å²) in [7, 11) is 0. The van der Waals surface area contributed by atoms with Crippen LogP contribution in [0.15, 0.2) is 41.2 Å². The van der Waals surface area contributed by atoms with E-state index in [4.69, 9.17) is 9.15 Å². The lowest BCUT2D eigenvalue weighted by atomic mass is 10.0. The standard InChI is InChI=1S/C18H21NO4/c1-12-5-6-13(10-16(20)14-7-8-22-11-14)15(9-12)19-17(21)23-18(2,3)4/h5-9,11H,10H2,1-4H3,(H,19,21). The fraction of sp³-hybridized carbons (Fsp3) is 0.333. The van der Waals surface area contributed by atoms with Crippen molar-refractivity contribution in [3.05, 3.63) is 53.5 Å². The second-order valence-electron chi connectivity index (χ2n) is 6.40. The largest absolute Gasteiger partial charge is 0.472 e. The van der Waals surface area contributed by atoms with E-state index < -0.39 is 11.7 Å². The van der Waals surface area contributed by atoms with E-state index in [1.54, 1.807) is 26.8 Å². The van der Waals surface area contributed by atoms with Gasteiger partial charge in [0.2, 0.25) is 0 Å². The van der Waals surface area contributed by atoms with E-state index in [0.29, 0.717) is 11.3 Å². The fourth-order valence-corrected chi connectivity index (χ4v) is 2.07. The Bertz CT molecular complexity index is 696. The van der Waals surface area contributed by atoms with E-state index in [1.807, 2.05) is 25.1 Å². The first-order chi connectivity index (χ1) is 10.7. The molecule has 2 aromatic rings. The highest BCUT2D eigenvalue weighted by atomic mass is 16.6. The molecule has 122 valence electrons. The molecule has 1 amide bonds. The van der Waals surface area contributed by atoms with Crippen LogP contribution >= 0.6 is 0 Å². The normalized spacial score (nSPS) is 11.1. The molecule has 5 nitrogen and oxygen atoms in total. The second kappa shape index (κ2) is 6.69. The number of hydrogen-bond donors (Lipinski definition) is 1. The van der Waals surface area contributed by atoms with Gasteiger partial charge in [-0.1, -0.05) is 12.1 Å². The Morgan fingerprint density at radius 2 is 1.96 bits per heavy atom. The summed E-state index contributed by atoms with van der Waals surface area (Å²) in [5, 5.41) is 2.72. The molecular weight excluding hydrogens is 294 g/mol. The average molecular weight is 315 g/mol. The zero-order valence-corrected chi connectivity index (χ0v) is 13.8. The van der Waals surface area contributed by atoms with Crippen molar-refractivity contribution in [3.8, 4) is 0 Å². The predicted molar refractivity (Wildman–Crippen MR) is 87.8 cm³/mol. The Balaban J connectivity index is 2.17. The third-order valence-corrected chi connectivity index (χ3v) is 3.10. The monoisotopic (exact) mass is 315 g/mol. The molecule has 0 aliphatic heterocycles. The van der Waals surface area contributed by atoms with E-state index in [9.17, 15) is 9.59 Å². The first-order valence-electron chi connectivity index (χ1n) is 7.39. The minimum atomic E-state index is -0.583. The Kier molecular flexibility index (Phi) is 4.89. The summed E-state index contributed by atoms with van der Waals surface area (Å²) in [5.74, 6) is -0.0742. The minimum absolute atomic E-state index is 0.0742. The molecule has 2 rings (SSSR count). The maximum absolute atomic E-state index is 12.2. The number of benzene rings is 1. The van der Waals surface area contributed by atoms with Gasteiger partial charge in [0.25, 0.3) is 0 Å². The Morgan fingerprint density at radius 1 is 1.22 bits per heavy atom. The molecule has 0 saturated heterocycles. The Morgan fingerprint density at radius 3 is 2.57 bits per heavy atom. The first-order valence-corrected chi connectivity index (χ1v) is 7.39. The number of rotatable bonds is 4. The SMILES string of the molecule is Cc1ccc(CC(=O)c2ccoc2)c(NC(=O)OC(C)(C)C)c1. The van der Waals surface area contributed by atoms with E-state index >= 15 is 0 Å². The molecule has 0 fully saturated rings. The van der Waals surface area contributed by atoms with Gasteiger partial charge in [-0.05, 0) is 51.0 Å². The Hall–Kier alpha value is -2.56. The number of ketones is 1. The molecule has 1 aromatic heterocycles. The van der Waals surface area contributed by atoms with Gasteiger partial charge in [0.1, 0.15) is 11.9 Å². The van der Waals surface area contributed by atoms with Crippen LogP contribution < -0.4 is 5.32 Å². The van der Waals surface area contributed by atoms with Gasteiger partial charge in [0.05, 0.1) is 11.8 Å². The highest BCUT2D eigenvalue weighted by Crippen LogP contribution is 2.21. The molecule has 0 radical (unpaired) electrons. The summed E-state index contributed by atoms with van der Waals surface area (Å²) in [6.45, 7) is 7.31. The number of anilines is 1. The van der Waals surface area contributed by atoms with Crippen LogP contribution in [0.4, 0.5) is 10.5 Å². The number of aryl methyl sites for hydroxylation is 1. The Labute approximate surface area is 135 Å². The number of furan rings is 1. The lowest BCUT2D eigenvalue weighted by Gasteiger charge is -2.20. The molecule has 5 heteroatoms. The number of carbonyl (C=O) groups excluding carboxylic acids is 2. The molecular formula is C18H21NO4. The van der Waals surface area contributed by atoms with Crippen molar-refractivity contribution in [2.75, 3.05) is 5.32 Å². The molecule has 0 aliphatic carbocycles. The van der Waals surface area contributed by atoms with E-state index in [-0.39, 0.29) is 12.2 Å². The summed E-state index contributed by atoms with van der Waals surface area (Å²) in [6, 6.07) is 7.18. The van der Waals surface area contributed by atoms with Crippen molar-refractivity contribution < 1.29 is 18.7 Å². The molecule has 0 atom stereocenters. The average Bonchev–Trinajstić information content (AvgIpc) is 2.93. The predicted octanol–water partition coefficient (Wildman–Crippen LogP) is 4.36. The van der Waals surface area contributed by atoms with E-state index in [0.717, 1.165) is 11.1 Å². The van der Waals surface area contributed by atoms with Crippen molar-refractivity contribution in [2.45, 2.75) is 39.7 Å². The van der Waals surface area contributed by atoms with Crippen LogP contribution in [0.2, 0.25) is 0 Å². The second-order valence-corrected chi connectivity index (χ2v) is 6.40. The van der Waals surface area contributed by atoms with Crippen LogP contribution in [-0.2, 0) is 11.2 Å². The summed E-state index contributed by atoms with van der Waals surface area (Å²) in [4.78, 5) is 24.2. The van der Waals surface area contributed by atoms with Crippen LogP contribution in [0.3, 0.4) is 0 Å². The van der Waals surface area contributed by atoms with Crippen molar-refractivity contribution in [1.82, 2.24) is 0 Å². The van der Waals surface area contributed by atoms with E-state index in [2.05, 4.69) is 5.32 Å². The number of Topliss-reactive ketones (excluding diaryl/α,β-unsaturated/α-hetero) is 1. The lowest BCUT2D eigenvalue weighted by Crippen LogP contribution is -2.27. The van der Waals surface area contributed by atoms with Gasteiger partial charge in [-0.3, -0.25) is 10.1 Å². The van der Waals surface area contributed by atoms with Gasteiger partial charge in [0.15, 0.2) is 5.78 Å². The molecule has 0 saturated carbocycles. The van der Waals surface area contributed by atoms with Gasteiger partial charge in [-0.2, -0.15) is 0 Å². The number of amides is 1. The highest BCUT2D eigenvalue weighted by Gasteiger charge is 2.18. The van der Waals surface area contributed by atoms with Gasteiger partial charge in [0, 0.05) is 12.1 Å². The number of nitrogens with one attached hydrogen (secondary N) is 1. The molecule has 1 N–H and O–H groups in total. The zero-order valence-electron chi connectivity index (χ0n) is 13.8. The smallest absolute Gasteiger partial charge is 0.412 e. The lowest BCUT2D eigenvalue weighted by molar-refractivity contribution is 0.0635. The van der Waals surface area contributed by atoms with Crippen molar-refractivity contribution in [2.24, 2.45) is 0 Å². The summed E-state index contributed by atoms with van der Waals surface area (Å²) in [6.07, 6.45) is 2.50. The molecule has 0 unspecified atom stereocenters. The first kappa shape index (κ1) is 16.8. The molecule has 1 aromatic carbocycles. The third-order valence-electron chi connectivity index (χ3n) is 3.10. The van der Waals surface area contributed by atoms with Crippen LogP contribution in [0.5, 0.6) is 0 Å². The number of carbonyl (C=O) groups is 2. The fourth-order valence-electron chi connectivity index (χ4n) is 2.07. The summed E-state index contributed by atoms with van der Waals surface area (Å²) in [5.41, 5.74) is 2.22. The van der Waals surface area contributed by atoms with Gasteiger partial charge >= 0.3 is 6.09 Å². The molecule has 1 heterocycles. The maximum Gasteiger partial charge on any atom is 0.412 e. The zero-order chi connectivity index (χ0) is 17.0. The third kappa shape index (κ3) is 4.98. The van der Waals surface area contributed by atoms with Crippen molar-refractivity contribution in [3.63, 3.8) is 0 Å². The van der Waals surface area contributed by atoms with Crippen LogP contribution in [0.1, 0.15) is 42.3 Å². The van der Waals surface area contributed by atoms with Crippen LogP contribution in [0.25, 0.3) is 0 Å².